The number of rotatable bonds is 1. The van der Waals surface area contributed by atoms with Crippen LogP contribution in [0.5, 0.6) is 0 Å². The molecule has 72 valence electrons. The fraction of sp³-hybridized carbons (Fsp3) is 0.182. The van der Waals surface area contributed by atoms with Crippen molar-refractivity contribution in [2.24, 2.45) is 7.05 Å². The van der Waals surface area contributed by atoms with Crippen molar-refractivity contribution < 1.29 is 0 Å². The van der Waals surface area contributed by atoms with Gasteiger partial charge in [0.1, 0.15) is 0 Å². The van der Waals surface area contributed by atoms with Crippen molar-refractivity contribution >= 4 is 15.9 Å². The molecule has 0 aliphatic heterocycles. The van der Waals surface area contributed by atoms with Gasteiger partial charge in [-0.05, 0) is 19.1 Å². The van der Waals surface area contributed by atoms with E-state index in [1.54, 1.807) is 0 Å². The van der Waals surface area contributed by atoms with Gasteiger partial charge in [0.15, 0.2) is 0 Å². The van der Waals surface area contributed by atoms with Crippen LogP contribution in [-0.4, -0.2) is 9.55 Å². The van der Waals surface area contributed by atoms with Crippen LogP contribution in [0, 0.1) is 6.92 Å². The second-order valence-corrected chi connectivity index (χ2v) is 4.21. The van der Waals surface area contributed by atoms with E-state index < -0.39 is 0 Å². The Morgan fingerprint density at radius 3 is 2.36 bits per heavy atom. The molecule has 14 heavy (non-hydrogen) atoms. The fourth-order valence-corrected chi connectivity index (χ4v) is 1.83. The molecule has 1 aromatic carbocycles. The molecule has 0 amide bonds. The number of imidazole rings is 1. The first-order chi connectivity index (χ1) is 6.68. The van der Waals surface area contributed by atoms with Gasteiger partial charge in [-0.25, -0.2) is 4.98 Å². The summed E-state index contributed by atoms with van der Waals surface area (Å²) >= 11 is 3.42. The minimum Gasteiger partial charge on any atom is -0.334 e. The van der Waals surface area contributed by atoms with E-state index in [0.717, 1.165) is 10.2 Å². The van der Waals surface area contributed by atoms with Gasteiger partial charge in [-0.3, -0.25) is 0 Å². The van der Waals surface area contributed by atoms with Crippen molar-refractivity contribution in [3.8, 4) is 11.3 Å². The first-order valence-corrected chi connectivity index (χ1v) is 5.21. The molecule has 0 fully saturated rings. The summed E-state index contributed by atoms with van der Waals surface area (Å²) in [7, 11) is 2.01. The maximum atomic E-state index is 4.27. The molecule has 0 N–H and O–H groups in total. The first kappa shape index (κ1) is 9.46. The minimum atomic E-state index is 1.06. The van der Waals surface area contributed by atoms with Gasteiger partial charge >= 0.3 is 0 Å². The molecule has 0 aliphatic rings. The summed E-state index contributed by atoms with van der Waals surface area (Å²) in [4.78, 5) is 4.27. The molecule has 0 spiro atoms. The summed E-state index contributed by atoms with van der Waals surface area (Å²) in [6.45, 7) is 2.03. The van der Waals surface area contributed by atoms with Crippen molar-refractivity contribution in [3.05, 3.63) is 40.8 Å². The molecule has 2 nitrogen and oxygen atoms in total. The van der Waals surface area contributed by atoms with E-state index in [1.807, 2.05) is 37.0 Å². The lowest BCUT2D eigenvalue weighted by molar-refractivity contribution is 0.921. The highest BCUT2D eigenvalue weighted by Crippen LogP contribution is 2.23. The van der Waals surface area contributed by atoms with E-state index >= 15 is 0 Å². The number of hydrogen-bond donors (Lipinski definition) is 0. The molecule has 1 aromatic heterocycles. The Morgan fingerprint density at radius 1 is 1.21 bits per heavy atom. The minimum absolute atomic E-state index is 1.06. The van der Waals surface area contributed by atoms with Gasteiger partial charge in [-0.15, -0.1) is 0 Å². The SMILES string of the molecule is Cc1ncn(C)c1-c1ccc(Br)cc1. The molecule has 0 atom stereocenters. The summed E-state index contributed by atoms with van der Waals surface area (Å²) < 4.78 is 3.14. The van der Waals surface area contributed by atoms with Crippen LogP contribution >= 0.6 is 15.9 Å². The molecule has 3 heteroatoms. The van der Waals surface area contributed by atoms with E-state index in [1.165, 1.54) is 11.3 Å². The predicted octanol–water partition coefficient (Wildman–Crippen LogP) is 3.16. The normalized spacial score (nSPS) is 10.5. The van der Waals surface area contributed by atoms with Gasteiger partial charge in [0.2, 0.25) is 0 Å². The number of aromatic nitrogens is 2. The van der Waals surface area contributed by atoms with Crippen LogP contribution in [0.25, 0.3) is 11.3 Å². The van der Waals surface area contributed by atoms with Crippen LogP contribution < -0.4 is 0 Å². The molecule has 1 heterocycles. The predicted molar refractivity (Wildman–Crippen MR) is 61.1 cm³/mol. The summed E-state index contributed by atoms with van der Waals surface area (Å²) in [6.07, 6.45) is 1.84. The summed E-state index contributed by atoms with van der Waals surface area (Å²) in [5, 5.41) is 0. The Balaban J connectivity index is 2.54. The zero-order valence-electron chi connectivity index (χ0n) is 8.16. The van der Waals surface area contributed by atoms with E-state index in [2.05, 4.69) is 33.0 Å². The van der Waals surface area contributed by atoms with Crippen LogP contribution in [0.2, 0.25) is 0 Å². The third kappa shape index (κ3) is 1.60. The molecule has 0 aliphatic carbocycles. The third-order valence-electron chi connectivity index (χ3n) is 2.24. The standard InChI is InChI=1S/C11H11BrN2/c1-8-11(14(2)7-13-8)9-3-5-10(12)6-4-9/h3-7H,1-2H3. The number of nitrogens with zero attached hydrogens (tertiary/aromatic N) is 2. The highest BCUT2D eigenvalue weighted by atomic mass is 79.9. The van der Waals surface area contributed by atoms with E-state index in [4.69, 9.17) is 0 Å². The first-order valence-electron chi connectivity index (χ1n) is 4.42. The zero-order valence-corrected chi connectivity index (χ0v) is 9.75. The van der Waals surface area contributed by atoms with Gasteiger partial charge in [0, 0.05) is 17.1 Å². The largest absolute Gasteiger partial charge is 0.334 e. The van der Waals surface area contributed by atoms with Gasteiger partial charge < -0.3 is 4.57 Å². The van der Waals surface area contributed by atoms with Crippen molar-refractivity contribution in [1.82, 2.24) is 9.55 Å². The van der Waals surface area contributed by atoms with Crippen molar-refractivity contribution in [2.45, 2.75) is 6.92 Å². The Kier molecular flexibility index (Phi) is 2.42. The van der Waals surface area contributed by atoms with Crippen LogP contribution in [0.15, 0.2) is 35.1 Å². The Morgan fingerprint density at radius 2 is 1.86 bits per heavy atom. The fourth-order valence-electron chi connectivity index (χ4n) is 1.57. The highest BCUT2D eigenvalue weighted by Gasteiger charge is 2.06. The third-order valence-corrected chi connectivity index (χ3v) is 2.77. The number of benzene rings is 1. The van der Waals surface area contributed by atoms with Gasteiger partial charge in [-0.1, -0.05) is 28.1 Å². The molecule has 0 bridgehead atoms. The maximum Gasteiger partial charge on any atom is 0.0951 e. The van der Waals surface area contributed by atoms with E-state index in [-0.39, 0.29) is 0 Å². The second-order valence-electron chi connectivity index (χ2n) is 3.30. The molecular formula is C11H11BrN2. The lowest BCUT2D eigenvalue weighted by atomic mass is 10.1. The quantitative estimate of drug-likeness (QED) is 0.761. The lowest BCUT2D eigenvalue weighted by Gasteiger charge is -2.03. The number of halogens is 1. The van der Waals surface area contributed by atoms with E-state index in [0.29, 0.717) is 0 Å². The average molecular weight is 251 g/mol. The monoisotopic (exact) mass is 250 g/mol. The number of aryl methyl sites for hydroxylation is 2. The maximum absolute atomic E-state index is 4.27. The molecule has 2 rings (SSSR count). The van der Waals surface area contributed by atoms with Crippen LogP contribution in [-0.2, 0) is 7.05 Å². The molecule has 0 unspecified atom stereocenters. The van der Waals surface area contributed by atoms with Crippen LogP contribution in [0.1, 0.15) is 5.69 Å². The molecule has 2 aromatic rings. The second kappa shape index (κ2) is 3.58. The molecule has 0 saturated carbocycles. The van der Waals surface area contributed by atoms with Gasteiger partial charge in [-0.2, -0.15) is 0 Å². The lowest BCUT2D eigenvalue weighted by Crippen LogP contribution is -1.90. The van der Waals surface area contributed by atoms with E-state index in [9.17, 15) is 0 Å². The summed E-state index contributed by atoms with van der Waals surface area (Å²) in [5.74, 6) is 0. The molecular weight excluding hydrogens is 240 g/mol. The average Bonchev–Trinajstić information content (AvgIpc) is 2.49. The topological polar surface area (TPSA) is 17.8 Å². The number of hydrogen-bond acceptors (Lipinski definition) is 1. The zero-order chi connectivity index (χ0) is 10.1. The van der Waals surface area contributed by atoms with Gasteiger partial charge in [0.25, 0.3) is 0 Å². The molecule has 0 saturated heterocycles. The Hall–Kier alpha value is -1.09. The highest BCUT2D eigenvalue weighted by molar-refractivity contribution is 9.10. The van der Waals surface area contributed by atoms with Crippen LogP contribution in [0.4, 0.5) is 0 Å². The molecule has 0 radical (unpaired) electrons. The Bertz CT molecular complexity index is 423. The van der Waals surface area contributed by atoms with Crippen molar-refractivity contribution in [1.29, 1.82) is 0 Å². The summed E-state index contributed by atoms with van der Waals surface area (Å²) in [5.41, 5.74) is 3.44. The van der Waals surface area contributed by atoms with Crippen molar-refractivity contribution in [2.75, 3.05) is 0 Å². The smallest absolute Gasteiger partial charge is 0.0951 e. The van der Waals surface area contributed by atoms with Crippen LogP contribution in [0.3, 0.4) is 0 Å². The Labute approximate surface area is 91.7 Å². The summed E-state index contributed by atoms with van der Waals surface area (Å²) in [6, 6.07) is 8.27. The van der Waals surface area contributed by atoms with Crippen molar-refractivity contribution in [3.63, 3.8) is 0 Å². The van der Waals surface area contributed by atoms with Gasteiger partial charge in [0.05, 0.1) is 17.7 Å².